The normalized spacial score (nSPS) is 19.4. The van der Waals surface area contributed by atoms with Crippen LogP contribution in [0.25, 0.3) is 0 Å². The molecular weight excluding hydrogens is 290 g/mol. The molecule has 1 unspecified atom stereocenters. The van der Waals surface area contributed by atoms with Crippen molar-refractivity contribution in [1.82, 2.24) is 4.90 Å². The van der Waals surface area contributed by atoms with Gasteiger partial charge in [0.15, 0.2) is 0 Å². The Morgan fingerprint density at radius 3 is 2.43 bits per heavy atom. The number of ether oxygens (including phenoxy) is 1. The molecule has 0 radical (unpaired) electrons. The largest absolute Gasteiger partial charge is 0.457 e. The number of aliphatic hydroxyl groups is 1. The van der Waals surface area contributed by atoms with Crippen molar-refractivity contribution in [3.8, 4) is 0 Å². The topological polar surface area (TPSA) is 49.8 Å². The summed E-state index contributed by atoms with van der Waals surface area (Å²) in [6.45, 7) is 1.52. The number of likely N-dealkylation sites (tertiary alicyclic amines) is 1. The highest BCUT2D eigenvalue weighted by atomic mass is 16.5. The Morgan fingerprint density at radius 1 is 1.13 bits per heavy atom. The van der Waals surface area contributed by atoms with E-state index in [0.717, 1.165) is 18.5 Å². The van der Waals surface area contributed by atoms with Crippen LogP contribution in [0.1, 0.15) is 28.4 Å². The minimum Gasteiger partial charge on any atom is -0.457 e. The standard InChI is InChI=1S/C19H21NO3/c21-14-18(15-7-3-1-4-8-15)20-12-11-17(13-20)23-19(22)16-9-5-2-6-10-16/h1-10,17-18,21H,11-14H2/t17?,18-/m0/s1. The quantitative estimate of drug-likeness (QED) is 0.863. The maximum atomic E-state index is 12.1. The summed E-state index contributed by atoms with van der Waals surface area (Å²) < 4.78 is 5.60. The molecule has 0 aromatic heterocycles. The fourth-order valence-corrected chi connectivity index (χ4v) is 3.03. The van der Waals surface area contributed by atoms with Gasteiger partial charge in [0.05, 0.1) is 18.2 Å². The summed E-state index contributed by atoms with van der Waals surface area (Å²) in [5.41, 5.74) is 1.66. The Morgan fingerprint density at radius 2 is 1.78 bits per heavy atom. The van der Waals surface area contributed by atoms with Gasteiger partial charge in [-0.05, 0) is 24.1 Å². The molecule has 0 spiro atoms. The number of carbonyl (C=O) groups is 1. The number of nitrogens with zero attached hydrogens (tertiary/aromatic N) is 1. The van der Waals surface area contributed by atoms with Gasteiger partial charge in [0.25, 0.3) is 0 Å². The molecule has 1 aliphatic heterocycles. The molecule has 0 bridgehead atoms. The average Bonchev–Trinajstić information content (AvgIpc) is 3.05. The zero-order chi connectivity index (χ0) is 16.1. The molecule has 4 heteroatoms. The molecular formula is C19H21NO3. The van der Waals surface area contributed by atoms with E-state index in [1.54, 1.807) is 12.1 Å². The molecule has 1 N–H and O–H groups in total. The first kappa shape index (κ1) is 15.7. The Hall–Kier alpha value is -2.17. The van der Waals surface area contributed by atoms with Crippen molar-refractivity contribution < 1.29 is 14.6 Å². The average molecular weight is 311 g/mol. The van der Waals surface area contributed by atoms with Crippen LogP contribution in [0, 0.1) is 0 Å². The first-order chi connectivity index (χ1) is 11.3. The van der Waals surface area contributed by atoms with Crippen LogP contribution in [0.3, 0.4) is 0 Å². The second-order valence-corrected chi connectivity index (χ2v) is 5.79. The second kappa shape index (κ2) is 7.40. The van der Waals surface area contributed by atoms with Gasteiger partial charge in [-0.2, -0.15) is 0 Å². The number of aliphatic hydroxyl groups excluding tert-OH is 1. The Bertz CT molecular complexity index is 630. The molecule has 0 aliphatic carbocycles. The summed E-state index contributed by atoms with van der Waals surface area (Å²) in [6.07, 6.45) is 0.669. The highest BCUT2D eigenvalue weighted by Crippen LogP contribution is 2.26. The monoisotopic (exact) mass is 311 g/mol. The van der Waals surface area contributed by atoms with Crippen LogP contribution in [0.15, 0.2) is 60.7 Å². The Kier molecular flexibility index (Phi) is 5.05. The van der Waals surface area contributed by atoms with Crippen molar-refractivity contribution in [3.05, 3.63) is 71.8 Å². The van der Waals surface area contributed by atoms with E-state index in [9.17, 15) is 9.90 Å². The van der Waals surface area contributed by atoms with Crippen LogP contribution < -0.4 is 0 Å². The van der Waals surface area contributed by atoms with E-state index in [2.05, 4.69) is 4.90 Å². The van der Waals surface area contributed by atoms with Crippen LogP contribution in [0.5, 0.6) is 0 Å². The number of hydrogen-bond acceptors (Lipinski definition) is 4. The molecule has 1 fully saturated rings. The van der Waals surface area contributed by atoms with E-state index < -0.39 is 0 Å². The molecule has 120 valence electrons. The molecule has 23 heavy (non-hydrogen) atoms. The first-order valence-electron chi connectivity index (χ1n) is 7.94. The highest BCUT2D eigenvalue weighted by molar-refractivity contribution is 5.89. The van der Waals surface area contributed by atoms with Crippen molar-refractivity contribution >= 4 is 5.97 Å². The van der Waals surface area contributed by atoms with E-state index in [-0.39, 0.29) is 24.7 Å². The fraction of sp³-hybridized carbons (Fsp3) is 0.316. The van der Waals surface area contributed by atoms with E-state index in [4.69, 9.17) is 4.74 Å². The number of esters is 1. The van der Waals surface area contributed by atoms with Gasteiger partial charge in [0, 0.05) is 13.1 Å². The lowest BCUT2D eigenvalue weighted by Gasteiger charge is -2.26. The molecule has 4 nitrogen and oxygen atoms in total. The van der Waals surface area contributed by atoms with Gasteiger partial charge in [-0.25, -0.2) is 4.79 Å². The van der Waals surface area contributed by atoms with E-state index in [1.165, 1.54) is 0 Å². The van der Waals surface area contributed by atoms with Crippen LogP contribution in [-0.2, 0) is 4.74 Å². The summed E-state index contributed by atoms with van der Waals surface area (Å²) in [6, 6.07) is 19.0. The zero-order valence-corrected chi connectivity index (χ0v) is 13.0. The van der Waals surface area contributed by atoms with Crippen LogP contribution >= 0.6 is 0 Å². The lowest BCUT2D eigenvalue weighted by molar-refractivity contribution is 0.0300. The van der Waals surface area contributed by atoms with Gasteiger partial charge in [-0.3, -0.25) is 4.90 Å². The van der Waals surface area contributed by atoms with E-state index >= 15 is 0 Å². The van der Waals surface area contributed by atoms with E-state index in [1.807, 2.05) is 48.5 Å². The molecule has 2 atom stereocenters. The number of carbonyl (C=O) groups excluding carboxylic acids is 1. The summed E-state index contributed by atoms with van der Waals surface area (Å²) >= 11 is 0. The minimum absolute atomic E-state index is 0.0448. The van der Waals surface area contributed by atoms with Crippen molar-refractivity contribution in [3.63, 3.8) is 0 Å². The van der Waals surface area contributed by atoms with Crippen molar-refractivity contribution in [2.45, 2.75) is 18.6 Å². The molecule has 0 saturated carbocycles. The van der Waals surface area contributed by atoms with Gasteiger partial charge in [-0.1, -0.05) is 48.5 Å². The number of rotatable bonds is 5. The summed E-state index contributed by atoms with van der Waals surface area (Å²) in [5.74, 6) is -0.280. The predicted octanol–water partition coefficient (Wildman–Crippen LogP) is 2.65. The first-order valence-corrected chi connectivity index (χ1v) is 7.94. The third-order valence-corrected chi connectivity index (χ3v) is 4.26. The Balaban J connectivity index is 1.61. The Labute approximate surface area is 136 Å². The maximum Gasteiger partial charge on any atom is 0.338 e. The number of benzene rings is 2. The third kappa shape index (κ3) is 3.78. The van der Waals surface area contributed by atoms with Crippen LogP contribution in [0.2, 0.25) is 0 Å². The molecule has 1 heterocycles. The molecule has 3 rings (SSSR count). The number of hydrogen-bond donors (Lipinski definition) is 1. The third-order valence-electron chi connectivity index (χ3n) is 4.26. The lowest BCUT2D eigenvalue weighted by Crippen LogP contribution is -2.31. The fourth-order valence-electron chi connectivity index (χ4n) is 3.03. The van der Waals surface area contributed by atoms with Gasteiger partial charge in [0.1, 0.15) is 6.10 Å². The lowest BCUT2D eigenvalue weighted by atomic mass is 10.1. The summed E-state index contributed by atoms with van der Waals surface area (Å²) in [4.78, 5) is 14.3. The summed E-state index contributed by atoms with van der Waals surface area (Å²) in [5, 5.41) is 9.74. The smallest absolute Gasteiger partial charge is 0.338 e. The summed E-state index contributed by atoms with van der Waals surface area (Å²) in [7, 11) is 0. The van der Waals surface area contributed by atoms with Gasteiger partial charge >= 0.3 is 5.97 Å². The maximum absolute atomic E-state index is 12.1. The van der Waals surface area contributed by atoms with E-state index in [0.29, 0.717) is 12.1 Å². The van der Waals surface area contributed by atoms with Gasteiger partial charge < -0.3 is 9.84 Å². The van der Waals surface area contributed by atoms with Crippen LogP contribution in [0.4, 0.5) is 0 Å². The van der Waals surface area contributed by atoms with Crippen molar-refractivity contribution in [1.29, 1.82) is 0 Å². The zero-order valence-electron chi connectivity index (χ0n) is 13.0. The SMILES string of the molecule is O=C(OC1CCN([C@@H](CO)c2ccccc2)C1)c1ccccc1. The van der Waals surface area contributed by atoms with Gasteiger partial charge in [-0.15, -0.1) is 0 Å². The highest BCUT2D eigenvalue weighted by Gasteiger charge is 2.31. The van der Waals surface area contributed by atoms with Crippen molar-refractivity contribution in [2.75, 3.05) is 19.7 Å². The van der Waals surface area contributed by atoms with Crippen molar-refractivity contribution in [2.24, 2.45) is 0 Å². The minimum atomic E-state index is -0.280. The predicted molar refractivity (Wildman–Crippen MR) is 88.1 cm³/mol. The molecule has 2 aromatic carbocycles. The molecule has 1 aliphatic rings. The molecule has 2 aromatic rings. The molecule has 1 saturated heterocycles. The van der Waals surface area contributed by atoms with Gasteiger partial charge in [0.2, 0.25) is 0 Å². The molecule has 0 amide bonds. The second-order valence-electron chi connectivity index (χ2n) is 5.79. The van der Waals surface area contributed by atoms with Crippen LogP contribution in [-0.4, -0.2) is 41.8 Å².